The molecule has 1 saturated carbocycles. The van der Waals surface area contributed by atoms with Crippen LogP contribution in [0.1, 0.15) is 52.9 Å². The van der Waals surface area contributed by atoms with E-state index < -0.39 is 17.3 Å². The van der Waals surface area contributed by atoms with Gasteiger partial charge in [-0.15, -0.1) is 0 Å². The van der Waals surface area contributed by atoms with Crippen LogP contribution in [0.2, 0.25) is 0 Å². The highest BCUT2D eigenvalue weighted by molar-refractivity contribution is 5.92. The van der Waals surface area contributed by atoms with E-state index in [1.54, 1.807) is 6.08 Å². The van der Waals surface area contributed by atoms with E-state index in [0.717, 1.165) is 18.6 Å². The van der Waals surface area contributed by atoms with E-state index in [9.17, 15) is 15.0 Å². The number of fused-ring (bicyclic) bond motifs is 4. The van der Waals surface area contributed by atoms with Crippen LogP contribution in [0.5, 0.6) is 0 Å². The number of carbonyl (C=O) groups is 1. The molecule has 1 spiro atoms. The molecule has 9 atom stereocenters. The Kier molecular flexibility index (Phi) is 4.39. The lowest BCUT2D eigenvalue weighted by molar-refractivity contribution is -0.279. The number of epoxide rings is 1. The summed E-state index contributed by atoms with van der Waals surface area (Å²) in [4.78, 5) is 19.5. The molecule has 3 heterocycles. The van der Waals surface area contributed by atoms with Crippen LogP contribution in [-0.2, 0) is 14.4 Å². The molecule has 2 aliphatic carbocycles. The van der Waals surface area contributed by atoms with Crippen LogP contribution in [0.3, 0.4) is 0 Å². The van der Waals surface area contributed by atoms with Crippen molar-refractivity contribution in [3.8, 4) is 0 Å². The fraction of sp³-hybridized carbons (Fsp3) is 0.818. The van der Waals surface area contributed by atoms with E-state index in [1.807, 2.05) is 6.08 Å². The third-order valence-electron chi connectivity index (χ3n) is 7.82. The number of hydrogen-bond acceptors (Lipinski definition) is 6. The molecular weight excluding hydrogens is 372 g/mol. The van der Waals surface area contributed by atoms with Gasteiger partial charge >= 0.3 is 0 Å². The van der Waals surface area contributed by atoms with E-state index in [1.165, 1.54) is 0 Å². The number of aliphatic hydroxyl groups is 2. The van der Waals surface area contributed by atoms with Gasteiger partial charge in [-0.25, -0.2) is 0 Å². The van der Waals surface area contributed by atoms with E-state index in [4.69, 9.17) is 9.57 Å². The Labute approximate surface area is 171 Å². The molecule has 2 saturated heterocycles. The minimum Gasteiger partial charge on any atom is -0.389 e. The Morgan fingerprint density at radius 1 is 1.34 bits per heavy atom. The maximum atomic E-state index is 13.7. The minimum atomic E-state index is -1.70. The van der Waals surface area contributed by atoms with Gasteiger partial charge in [-0.2, -0.15) is 0 Å². The second-order valence-electron chi connectivity index (χ2n) is 10.1. The molecular formula is C22H32N2O5. The van der Waals surface area contributed by atoms with E-state index >= 15 is 0 Å². The zero-order valence-corrected chi connectivity index (χ0v) is 17.4. The Morgan fingerprint density at radius 2 is 2.14 bits per heavy atom. The monoisotopic (exact) mass is 404 g/mol. The summed E-state index contributed by atoms with van der Waals surface area (Å²) < 4.78 is 6.06. The number of nitrogens with zero attached hydrogens (tertiary/aromatic N) is 1. The Balaban J connectivity index is 1.66. The van der Waals surface area contributed by atoms with Crippen molar-refractivity contribution < 1.29 is 24.6 Å². The van der Waals surface area contributed by atoms with E-state index in [2.05, 4.69) is 31.2 Å². The van der Waals surface area contributed by atoms with Crippen LogP contribution in [0, 0.1) is 29.1 Å². The minimum absolute atomic E-state index is 0.0507. The zero-order valence-electron chi connectivity index (χ0n) is 17.4. The van der Waals surface area contributed by atoms with Crippen molar-refractivity contribution in [2.24, 2.45) is 34.2 Å². The largest absolute Gasteiger partial charge is 0.389 e. The molecule has 3 fully saturated rings. The standard InChI is InChI=1S/C22H32N2O5/c1-11(2)9-16-17-12(3)18-19(28-18)15-8-7-14(25)6-4-5-13-10-21(27,29-24-13)22(15,17)20(26)23-16/h7-8,11-12,14-19,25,27H,4-6,9-10H2,1-3H3,(H,23,26)/t12-,14-,15-,16-,17-,18+,19-,21+,22+/m0/s1. The first-order chi connectivity index (χ1) is 13.8. The molecule has 0 unspecified atom stereocenters. The van der Waals surface area contributed by atoms with Crippen LogP contribution < -0.4 is 5.32 Å². The molecule has 0 radical (unpaired) electrons. The third kappa shape index (κ3) is 2.66. The SMILES string of the molecule is CC(C)C[C@@H]1NC(=O)[C@]23[C@H]1[C@H](C)[C@H]1O[C@H]1[C@@H]2C=C[C@@H](O)CCCC1=NO[C@]3(O)C1. The number of amides is 1. The summed E-state index contributed by atoms with van der Waals surface area (Å²) in [5, 5.41) is 29.7. The molecule has 1 amide bonds. The average molecular weight is 405 g/mol. The Morgan fingerprint density at radius 3 is 2.90 bits per heavy atom. The maximum Gasteiger partial charge on any atom is 0.255 e. The highest BCUT2D eigenvalue weighted by Crippen LogP contribution is 2.66. The van der Waals surface area contributed by atoms with Gasteiger partial charge in [0.15, 0.2) is 0 Å². The third-order valence-corrected chi connectivity index (χ3v) is 7.82. The number of oxime groups is 1. The molecule has 160 valence electrons. The molecule has 29 heavy (non-hydrogen) atoms. The van der Waals surface area contributed by atoms with Gasteiger partial charge in [0.25, 0.3) is 5.79 Å². The molecule has 2 bridgehead atoms. The van der Waals surface area contributed by atoms with Crippen LogP contribution in [-0.4, -0.2) is 52.0 Å². The van der Waals surface area contributed by atoms with Gasteiger partial charge in [-0.3, -0.25) is 4.79 Å². The summed E-state index contributed by atoms with van der Waals surface area (Å²) in [7, 11) is 0. The van der Waals surface area contributed by atoms with Crippen LogP contribution in [0.4, 0.5) is 0 Å². The van der Waals surface area contributed by atoms with Gasteiger partial charge in [0.1, 0.15) is 5.41 Å². The van der Waals surface area contributed by atoms with Crippen molar-refractivity contribution in [2.45, 2.75) is 83.0 Å². The van der Waals surface area contributed by atoms with E-state index in [-0.39, 0.29) is 48.3 Å². The fourth-order valence-corrected chi connectivity index (χ4v) is 6.68. The normalized spacial score (nSPS) is 50.6. The summed E-state index contributed by atoms with van der Waals surface area (Å²) in [6, 6.07) is -0.0507. The van der Waals surface area contributed by atoms with Crippen LogP contribution in [0.15, 0.2) is 17.3 Å². The molecule has 0 aromatic rings. The predicted molar refractivity (Wildman–Crippen MR) is 106 cm³/mol. The lowest BCUT2D eigenvalue weighted by Gasteiger charge is -2.50. The van der Waals surface area contributed by atoms with Crippen LogP contribution in [0.25, 0.3) is 0 Å². The summed E-state index contributed by atoms with van der Waals surface area (Å²) in [5.74, 6) is -1.84. The smallest absolute Gasteiger partial charge is 0.255 e. The van der Waals surface area contributed by atoms with Gasteiger partial charge in [-0.1, -0.05) is 38.1 Å². The first-order valence-corrected chi connectivity index (χ1v) is 11.1. The van der Waals surface area contributed by atoms with Gasteiger partial charge in [0, 0.05) is 17.9 Å². The molecule has 5 aliphatic rings. The molecule has 7 heteroatoms. The zero-order chi connectivity index (χ0) is 20.6. The van der Waals surface area contributed by atoms with Crippen molar-refractivity contribution in [3.63, 3.8) is 0 Å². The first-order valence-electron chi connectivity index (χ1n) is 11.1. The number of ether oxygens (including phenoxy) is 1. The summed E-state index contributed by atoms with van der Waals surface area (Å²) >= 11 is 0. The van der Waals surface area contributed by atoms with Gasteiger partial charge in [0.2, 0.25) is 5.91 Å². The molecule has 5 rings (SSSR count). The van der Waals surface area contributed by atoms with Crippen molar-refractivity contribution >= 4 is 11.6 Å². The number of carbonyl (C=O) groups excluding carboxylic acids is 1. The maximum absolute atomic E-state index is 13.7. The summed E-state index contributed by atoms with van der Waals surface area (Å²) in [5.41, 5.74) is -0.421. The summed E-state index contributed by atoms with van der Waals surface area (Å²) in [6.45, 7) is 6.42. The Hall–Kier alpha value is -1.44. The second-order valence-corrected chi connectivity index (χ2v) is 10.1. The first kappa shape index (κ1) is 19.5. The molecule has 0 aromatic heterocycles. The highest BCUT2D eigenvalue weighted by atomic mass is 16.7. The van der Waals surface area contributed by atoms with E-state index in [0.29, 0.717) is 18.8 Å². The number of rotatable bonds is 2. The van der Waals surface area contributed by atoms with Gasteiger partial charge in [0.05, 0.1) is 30.4 Å². The number of aliphatic hydroxyl groups excluding tert-OH is 1. The highest BCUT2D eigenvalue weighted by Gasteiger charge is 2.79. The number of nitrogens with one attached hydrogen (secondary N) is 1. The molecule has 3 aliphatic heterocycles. The van der Waals surface area contributed by atoms with Gasteiger partial charge < -0.3 is 25.1 Å². The molecule has 3 N–H and O–H groups in total. The van der Waals surface area contributed by atoms with Crippen molar-refractivity contribution in [1.29, 1.82) is 0 Å². The average Bonchev–Trinajstić information content (AvgIpc) is 3.27. The second kappa shape index (κ2) is 6.53. The number of hydrogen-bond donors (Lipinski definition) is 3. The quantitative estimate of drug-likeness (QED) is 0.480. The van der Waals surface area contributed by atoms with Crippen molar-refractivity contribution in [2.75, 3.05) is 0 Å². The topological polar surface area (TPSA) is 104 Å². The molecule has 7 nitrogen and oxygen atoms in total. The molecule has 0 aromatic carbocycles. The van der Waals surface area contributed by atoms with Crippen LogP contribution >= 0.6 is 0 Å². The lowest BCUT2D eigenvalue weighted by atomic mass is 9.52. The van der Waals surface area contributed by atoms with Crippen molar-refractivity contribution in [1.82, 2.24) is 5.32 Å². The van der Waals surface area contributed by atoms with Crippen molar-refractivity contribution in [3.05, 3.63) is 12.2 Å². The summed E-state index contributed by atoms with van der Waals surface area (Å²) in [6.07, 6.45) is 6.12. The fourth-order valence-electron chi connectivity index (χ4n) is 6.68. The predicted octanol–water partition coefficient (Wildman–Crippen LogP) is 1.73. The van der Waals surface area contributed by atoms with Gasteiger partial charge in [-0.05, 0) is 37.5 Å². The lowest BCUT2D eigenvalue weighted by Crippen LogP contribution is -2.64. The Bertz CT molecular complexity index is 766.